The van der Waals surface area contributed by atoms with Crippen LogP contribution in [0.2, 0.25) is 0 Å². The molecule has 4 heteroatoms. The minimum absolute atomic E-state index is 0.259. The van der Waals surface area contributed by atoms with Crippen molar-refractivity contribution < 1.29 is 8.42 Å². The zero-order chi connectivity index (χ0) is 12.3. The molecule has 1 aromatic rings. The summed E-state index contributed by atoms with van der Waals surface area (Å²) in [6.07, 6.45) is 6.48. The average molecular weight is 249 g/mol. The van der Waals surface area contributed by atoms with E-state index in [9.17, 15) is 8.42 Å². The molecule has 1 aromatic carbocycles. The second kappa shape index (κ2) is 4.84. The molecule has 0 saturated carbocycles. The van der Waals surface area contributed by atoms with Crippen molar-refractivity contribution in [2.24, 2.45) is 4.40 Å². The Balaban J connectivity index is 2.33. The van der Waals surface area contributed by atoms with E-state index in [1.54, 1.807) is 30.3 Å². The molecular weight excluding hydrogens is 234 g/mol. The summed E-state index contributed by atoms with van der Waals surface area (Å²) in [4.78, 5) is 0.259. The van der Waals surface area contributed by atoms with Crippen LogP contribution in [-0.4, -0.2) is 14.1 Å². The fourth-order valence-electron chi connectivity index (χ4n) is 1.70. The van der Waals surface area contributed by atoms with Crippen LogP contribution in [0, 0.1) is 6.92 Å². The second-order valence-electron chi connectivity index (χ2n) is 4.17. The van der Waals surface area contributed by atoms with Gasteiger partial charge in [0.2, 0.25) is 0 Å². The van der Waals surface area contributed by atoms with Gasteiger partial charge in [-0.1, -0.05) is 23.8 Å². The van der Waals surface area contributed by atoms with Crippen LogP contribution in [0.15, 0.2) is 45.7 Å². The molecule has 0 N–H and O–H groups in total. The lowest BCUT2D eigenvalue weighted by Crippen LogP contribution is -2.05. The molecule has 0 amide bonds. The van der Waals surface area contributed by atoms with E-state index in [0.717, 1.165) is 24.8 Å². The topological polar surface area (TPSA) is 46.5 Å². The largest absolute Gasteiger partial charge is 0.282 e. The SMILES string of the molecule is Cc1ccc(S(=O)(=O)/N=C2\C=CCCC2)cc1. The Labute approximate surface area is 102 Å². The highest BCUT2D eigenvalue weighted by molar-refractivity contribution is 7.90. The molecule has 0 heterocycles. The molecule has 90 valence electrons. The predicted molar refractivity (Wildman–Crippen MR) is 68.8 cm³/mol. The number of hydrogen-bond donors (Lipinski definition) is 0. The number of rotatable bonds is 2. The van der Waals surface area contributed by atoms with E-state index in [0.29, 0.717) is 5.71 Å². The first-order valence-corrected chi connectivity index (χ1v) is 7.09. The standard InChI is InChI=1S/C13H15NO2S/c1-11-7-9-13(10-8-11)17(15,16)14-12-5-3-2-4-6-12/h3,5,7-10H,2,4,6H2,1H3/b14-12+. The van der Waals surface area contributed by atoms with Crippen LogP contribution in [-0.2, 0) is 10.0 Å². The number of aryl methyl sites for hydroxylation is 1. The first-order valence-electron chi connectivity index (χ1n) is 5.65. The monoisotopic (exact) mass is 249 g/mol. The third kappa shape index (κ3) is 3.03. The van der Waals surface area contributed by atoms with E-state index in [-0.39, 0.29) is 4.90 Å². The van der Waals surface area contributed by atoms with E-state index < -0.39 is 10.0 Å². The van der Waals surface area contributed by atoms with Gasteiger partial charge >= 0.3 is 0 Å². The first kappa shape index (κ1) is 12.0. The molecule has 0 fully saturated rings. The van der Waals surface area contributed by atoms with Crippen LogP contribution in [0.5, 0.6) is 0 Å². The van der Waals surface area contributed by atoms with Gasteiger partial charge in [-0.15, -0.1) is 0 Å². The summed E-state index contributed by atoms with van der Waals surface area (Å²) in [7, 11) is -3.54. The Hall–Kier alpha value is -1.42. The Morgan fingerprint density at radius 2 is 1.88 bits per heavy atom. The highest BCUT2D eigenvalue weighted by atomic mass is 32.2. The molecule has 0 spiro atoms. The van der Waals surface area contributed by atoms with Gasteiger partial charge in [0.1, 0.15) is 0 Å². The van der Waals surface area contributed by atoms with Crippen LogP contribution in [0.4, 0.5) is 0 Å². The lowest BCUT2D eigenvalue weighted by molar-refractivity contribution is 0.598. The molecular formula is C13H15NO2S. The van der Waals surface area contributed by atoms with Crippen LogP contribution >= 0.6 is 0 Å². The molecule has 0 saturated heterocycles. The zero-order valence-corrected chi connectivity index (χ0v) is 10.6. The van der Waals surface area contributed by atoms with Crippen LogP contribution < -0.4 is 0 Å². The van der Waals surface area contributed by atoms with Crippen LogP contribution in [0.1, 0.15) is 24.8 Å². The van der Waals surface area contributed by atoms with Crippen molar-refractivity contribution in [1.82, 2.24) is 0 Å². The molecule has 3 nitrogen and oxygen atoms in total. The van der Waals surface area contributed by atoms with Crippen molar-refractivity contribution in [3.63, 3.8) is 0 Å². The van der Waals surface area contributed by atoms with Gasteiger partial charge in [-0.25, -0.2) is 0 Å². The van der Waals surface area contributed by atoms with Crippen molar-refractivity contribution in [1.29, 1.82) is 0 Å². The summed E-state index contributed by atoms with van der Waals surface area (Å²) < 4.78 is 27.9. The predicted octanol–water partition coefficient (Wildman–Crippen LogP) is 2.86. The van der Waals surface area contributed by atoms with Crippen molar-refractivity contribution in [3.05, 3.63) is 42.0 Å². The normalized spacial score (nSPS) is 18.5. The molecule has 0 aromatic heterocycles. The molecule has 0 unspecified atom stereocenters. The smallest absolute Gasteiger partial charge is 0.199 e. The quantitative estimate of drug-likeness (QED) is 0.809. The number of allylic oxidation sites excluding steroid dienone is 2. The Kier molecular flexibility index (Phi) is 3.43. The van der Waals surface area contributed by atoms with Crippen LogP contribution in [0.25, 0.3) is 0 Å². The van der Waals surface area contributed by atoms with Gasteiger partial charge in [-0.2, -0.15) is 12.8 Å². The summed E-state index contributed by atoms with van der Waals surface area (Å²) in [5.74, 6) is 0. The lowest BCUT2D eigenvalue weighted by atomic mass is 10.1. The van der Waals surface area contributed by atoms with E-state index in [4.69, 9.17) is 0 Å². The number of sulfonamides is 1. The van der Waals surface area contributed by atoms with E-state index in [1.165, 1.54) is 0 Å². The molecule has 2 rings (SSSR count). The van der Waals surface area contributed by atoms with Gasteiger partial charge in [0.05, 0.1) is 10.6 Å². The number of nitrogens with zero attached hydrogens (tertiary/aromatic N) is 1. The van der Waals surface area contributed by atoms with E-state index in [1.807, 2.05) is 13.0 Å². The van der Waals surface area contributed by atoms with E-state index in [2.05, 4.69) is 4.40 Å². The fourth-order valence-corrected chi connectivity index (χ4v) is 2.74. The molecule has 0 bridgehead atoms. The van der Waals surface area contributed by atoms with Gasteiger partial charge in [-0.3, -0.25) is 0 Å². The summed E-state index contributed by atoms with van der Waals surface area (Å²) in [6.45, 7) is 1.92. The third-order valence-electron chi connectivity index (χ3n) is 2.67. The molecule has 0 atom stereocenters. The Bertz CT molecular complexity index is 554. The molecule has 0 aliphatic heterocycles. The molecule has 1 aliphatic carbocycles. The summed E-state index contributed by atoms with van der Waals surface area (Å²) in [5, 5.41) is 0. The van der Waals surface area contributed by atoms with Crippen molar-refractivity contribution in [3.8, 4) is 0 Å². The molecule has 1 aliphatic rings. The zero-order valence-electron chi connectivity index (χ0n) is 9.76. The average Bonchev–Trinajstić information content (AvgIpc) is 2.30. The summed E-state index contributed by atoms with van der Waals surface area (Å²) in [5.41, 5.74) is 1.69. The van der Waals surface area contributed by atoms with Gasteiger partial charge < -0.3 is 0 Å². The van der Waals surface area contributed by atoms with Crippen molar-refractivity contribution in [2.45, 2.75) is 31.1 Å². The van der Waals surface area contributed by atoms with Gasteiger partial charge in [0, 0.05) is 0 Å². The maximum Gasteiger partial charge on any atom is 0.282 e. The highest BCUT2D eigenvalue weighted by Gasteiger charge is 2.13. The maximum atomic E-state index is 12.0. The Morgan fingerprint density at radius 3 is 2.47 bits per heavy atom. The fraction of sp³-hybridized carbons (Fsp3) is 0.308. The number of hydrogen-bond acceptors (Lipinski definition) is 2. The first-order chi connectivity index (χ1) is 8.08. The second-order valence-corrected chi connectivity index (χ2v) is 5.77. The minimum atomic E-state index is -3.54. The maximum absolute atomic E-state index is 12.0. The lowest BCUT2D eigenvalue weighted by Gasteiger charge is -2.06. The highest BCUT2D eigenvalue weighted by Crippen LogP contribution is 2.16. The van der Waals surface area contributed by atoms with Gasteiger partial charge in [-0.05, 0) is 44.4 Å². The Morgan fingerprint density at radius 1 is 1.18 bits per heavy atom. The number of benzene rings is 1. The third-order valence-corrected chi connectivity index (χ3v) is 4.01. The van der Waals surface area contributed by atoms with Crippen molar-refractivity contribution in [2.75, 3.05) is 0 Å². The van der Waals surface area contributed by atoms with Gasteiger partial charge in [0.25, 0.3) is 10.0 Å². The summed E-state index contributed by atoms with van der Waals surface area (Å²) >= 11 is 0. The van der Waals surface area contributed by atoms with Crippen molar-refractivity contribution >= 4 is 15.7 Å². The summed E-state index contributed by atoms with van der Waals surface area (Å²) in [6, 6.07) is 6.76. The van der Waals surface area contributed by atoms with Crippen LogP contribution in [0.3, 0.4) is 0 Å². The minimum Gasteiger partial charge on any atom is -0.199 e. The van der Waals surface area contributed by atoms with E-state index >= 15 is 0 Å². The molecule has 0 radical (unpaired) electrons. The molecule has 17 heavy (non-hydrogen) atoms. The van der Waals surface area contributed by atoms with Gasteiger partial charge in [0.15, 0.2) is 0 Å².